The molecule has 2 amide bonds. The van der Waals surface area contributed by atoms with Gasteiger partial charge in [0.2, 0.25) is 11.8 Å². The van der Waals surface area contributed by atoms with Crippen molar-refractivity contribution in [3.8, 4) is 0 Å². The number of fused-ring (bicyclic) bond motifs is 2. The molecule has 3 aliphatic heterocycles. The molecule has 0 radical (unpaired) electrons. The Bertz CT molecular complexity index is 897. The summed E-state index contributed by atoms with van der Waals surface area (Å²) in [5, 5.41) is 12.1. The van der Waals surface area contributed by atoms with Crippen LogP contribution in [0.25, 0.3) is 0 Å². The Labute approximate surface area is 174 Å². The van der Waals surface area contributed by atoms with Gasteiger partial charge in [0, 0.05) is 29.1 Å². The van der Waals surface area contributed by atoms with Crippen molar-refractivity contribution in [1.29, 1.82) is 0 Å². The average molecular weight is 411 g/mol. The van der Waals surface area contributed by atoms with E-state index in [0.717, 1.165) is 29.0 Å². The topological polar surface area (TPSA) is 60.9 Å². The third kappa shape index (κ3) is 3.19. The maximum Gasteiger partial charge on any atom is 0.229 e. The summed E-state index contributed by atoms with van der Waals surface area (Å²) >= 11 is 1.60. The molecule has 3 saturated heterocycles. The normalized spacial score (nSPS) is 31.5. The Morgan fingerprint density at radius 1 is 1.10 bits per heavy atom. The number of hydrogen-bond donors (Lipinski definition) is 1. The Balaban J connectivity index is 1.50. The minimum absolute atomic E-state index is 0.00925. The molecule has 4 unspecified atom stereocenters. The van der Waals surface area contributed by atoms with Crippen LogP contribution in [0.3, 0.4) is 0 Å². The third-order valence-corrected chi connectivity index (χ3v) is 7.69. The summed E-state index contributed by atoms with van der Waals surface area (Å²) in [4.78, 5) is 31.7. The number of aryl methyl sites for hydroxylation is 1. The number of piperidine rings is 1. The van der Waals surface area contributed by atoms with Gasteiger partial charge in [0.25, 0.3) is 0 Å². The Hall–Kier alpha value is -2.18. The van der Waals surface area contributed by atoms with Gasteiger partial charge in [-0.1, -0.05) is 23.8 Å². The van der Waals surface area contributed by atoms with Gasteiger partial charge in [0.15, 0.2) is 0 Å². The van der Waals surface area contributed by atoms with Crippen molar-refractivity contribution >= 4 is 28.8 Å². The van der Waals surface area contributed by atoms with Gasteiger partial charge in [-0.05, 0) is 56.2 Å². The van der Waals surface area contributed by atoms with Gasteiger partial charge in [0.1, 0.15) is 0 Å². The Kier molecular flexibility index (Phi) is 4.71. The zero-order valence-corrected chi connectivity index (χ0v) is 17.3. The van der Waals surface area contributed by atoms with Gasteiger partial charge in [0.05, 0.1) is 18.1 Å². The maximum absolute atomic E-state index is 13.7. The van der Waals surface area contributed by atoms with Crippen molar-refractivity contribution < 1.29 is 14.7 Å². The zero-order valence-electron chi connectivity index (χ0n) is 16.5. The van der Waals surface area contributed by atoms with Gasteiger partial charge >= 0.3 is 0 Å². The number of carbonyl (C=O) groups excluding carboxylic acids is 2. The first-order valence-corrected chi connectivity index (χ1v) is 11.3. The van der Waals surface area contributed by atoms with Crippen molar-refractivity contribution in [2.24, 2.45) is 5.92 Å². The molecule has 29 heavy (non-hydrogen) atoms. The van der Waals surface area contributed by atoms with E-state index in [2.05, 4.69) is 0 Å². The summed E-state index contributed by atoms with van der Waals surface area (Å²) in [5.41, 5.74) is 2.00. The van der Waals surface area contributed by atoms with Gasteiger partial charge in [-0.15, -0.1) is 11.3 Å². The van der Waals surface area contributed by atoms with Crippen LogP contribution in [0.2, 0.25) is 0 Å². The molecule has 5 nitrogen and oxygen atoms in total. The summed E-state index contributed by atoms with van der Waals surface area (Å²) in [7, 11) is 0. The lowest BCUT2D eigenvalue weighted by atomic mass is 9.92. The predicted octanol–water partition coefficient (Wildman–Crippen LogP) is 3.67. The van der Waals surface area contributed by atoms with E-state index >= 15 is 0 Å². The highest BCUT2D eigenvalue weighted by atomic mass is 32.1. The number of nitrogens with zero attached hydrogens (tertiary/aromatic N) is 2. The van der Waals surface area contributed by atoms with Crippen LogP contribution in [0, 0.1) is 12.8 Å². The second kappa shape index (κ2) is 7.26. The molecule has 0 spiro atoms. The van der Waals surface area contributed by atoms with Crippen molar-refractivity contribution in [3.63, 3.8) is 0 Å². The molecule has 5 rings (SSSR count). The molecule has 1 aromatic heterocycles. The van der Waals surface area contributed by atoms with Crippen molar-refractivity contribution in [3.05, 3.63) is 52.2 Å². The molecule has 4 heterocycles. The summed E-state index contributed by atoms with van der Waals surface area (Å²) in [6.45, 7) is 2.03. The molecule has 1 aromatic carbocycles. The quantitative estimate of drug-likeness (QED) is 0.840. The molecule has 1 N–H and O–H groups in total. The van der Waals surface area contributed by atoms with E-state index in [4.69, 9.17) is 0 Å². The van der Waals surface area contributed by atoms with E-state index < -0.39 is 0 Å². The van der Waals surface area contributed by atoms with Crippen LogP contribution in [0.1, 0.15) is 48.6 Å². The van der Waals surface area contributed by atoms with Gasteiger partial charge in [-0.2, -0.15) is 0 Å². The summed E-state index contributed by atoms with van der Waals surface area (Å²) < 4.78 is 0. The van der Waals surface area contributed by atoms with E-state index in [0.29, 0.717) is 12.8 Å². The zero-order chi connectivity index (χ0) is 20.1. The maximum atomic E-state index is 13.7. The molecule has 3 aliphatic rings. The van der Waals surface area contributed by atoms with E-state index in [9.17, 15) is 14.7 Å². The lowest BCUT2D eigenvalue weighted by molar-refractivity contribution is -0.142. The molecular weight excluding hydrogens is 384 g/mol. The lowest BCUT2D eigenvalue weighted by Crippen LogP contribution is -2.50. The fourth-order valence-electron chi connectivity index (χ4n) is 5.45. The number of anilines is 1. The van der Waals surface area contributed by atoms with E-state index in [1.54, 1.807) is 11.3 Å². The highest BCUT2D eigenvalue weighted by molar-refractivity contribution is 7.10. The van der Waals surface area contributed by atoms with E-state index in [1.165, 1.54) is 0 Å². The molecule has 152 valence electrons. The number of amides is 2. The van der Waals surface area contributed by atoms with Crippen molar-refractivity contribution in [2.75, 3.05) is 4.90 Å². The summed E-state index contributed by atoms with van der Waals surface area (Å²) in [5.74, 6) is -0.276. The molecule has 6 heteroatoms. The molecule has 2 aromatic rings. The number of aliphatic hydroxyl groups is 1. The second-order valence-electron chi connectivity index (χ2n) is 8.63. The number of carbonyl (C=O) groups is 2. The SMILES string of the molecule is Cc1ccc(N2C(=O)CC(C(=O)N3C4CCC3CC(O)C4)C2c2cccs2)cc1. The summed E-state index contributed by atoms with van der Waals surface area (Å²) in [6.07, 6.45) is 3.17. The van der Waals surface area contributed by atoms with Crippen LogP contribution < -0.4 is 4.90 Å². The molecule has 3 fully saturated rings. The molecular formula is C23H26N2O3S. The third-order valence-electron chi connectivity index (χ3n) is 6.75. The average Bonchev–Trinajstić information content (AvgIpc) is 3.39. The molecule has 0 aliphatic carbocycles. The number of aliphatic hydroxyl groups excluding tert-OH is 1. The minimum atomic E-state index is -0.374. The standard InChI is InChI=1S/C23H26N2O3S/c1-14-4-6-15(7-5-14)25-21(27)13-19(22(25)20-3-2-10-29-20)23(28)24-16-8-9-17(24)12-18(26)11-16/h2-7,10,16-19,22,26H,8-9,11-13H2,1H3. The number of benzene rings is 1. The monoisotopic (exact) mass is 410 g/mol. The predicted molar refractivity (Wildman–Crippen MR) is 113 cm³/mol. The van der Waals surface area contributed by atoms with Gasteiger partial charge in [-0.3, -0.25) is 9.59 Å². The highest BCUT2D eigenvalue weighted by Crippen LogP contribution is 2.46. The smallest absolute Gasteiger partial charge is 0.229 e. The summed E-state index contributed by atoms with van der Waals surface area (Å²) in [6, 6.07) is 12.0. The largest absolute Gasteiger partial charge is 0.393 e. The van der Waals surface area contributed by atoms with Crippen LogP contribution in [0.5, 0.6) is 0 Å². The Morgan fingerprint density at radius 2 is 1.79 bits per heavy atom. The fourth-order valence-corrected chi connectivity index (χ4v) is 6.33. The molecule has 4 atom stereocenters. The minimum Gasteiger partial charge on any atom is -0.393 e. The first kappa shape index (κ1) is 18.8. The van der Waals surface area contributed by atoms with Crippen LogP contribution in [-0.4, -0.2) is 40.0 Å². The lowest BCUT2D eigenvalue weighted by Gasteiger charge is -2.39. The van der Waals surface area contributed by atoms with Crippen LogP contribution in [-0.2, 0) is 9.59 Å². The first-order valence-electron chi connectivity index (χ1n) is 10.5. The number of hydrogen-bond acceptors (Lipinski definition) is 4. The van der Waals surface area contributed by atoms with Crippen LogP contribution >= 0.6 is 11.3 Å². The van der Waals surface area contributed by atoms with E-state index in [1.807, 2.05) is 58.5 Å². The molecule has 0 saturated carbocycles. The van der Waals surface area contributed by atoms with Crippen LogP contribution in [0.15, 0.2) is 41.8 Å². The van der Waals surface area contributed by atoms with Crippen molar-refractivity contribution in [1.82, 2.24) is 4.90 Å². The Morgan fingerprint density at radius 3 is 2.41 bits per heavy atom. The van der Waals surface area contributed by atoms with Gasteiger partial charge in [-0.25, -0.2) is 0 Å². The van der Waals surface area contributed by atoms with Crippen molar-refractivity contribution in [2.45, 2.75) is 63.3 Å². The number of rotatable bonds is 3. The van der Waals surface area contributed by atoms with E-state index in [-0.39, 0.29) is 48.4 Å². The highest BCUT2D eigenvalue weighted by Gasteiger charge is 2.51. The number of thiophene rings is 1. The van der Waals surface area contributed by atoms with Crippen LogP contribution in [0.4, 0.5) is 5.69 Å². The molecule has 2 bridgehead atoms. The first-order chi connectivity index (χ1) is 14.0. The second-order valence-corrected chi connectivity index (χ2v) is 9.61. The van der Waals surface area contributed by atoms with Gasteiger partial charge < -0.3 is 14.9 Å². The fraction of sp³-hybridized carbons (Fsp3) is 0.478.